The van der Waals surface area contributed by atoms with Crippen molar-refractivity contribution in [3.05, 3.63) is 29.8 Å². The van der Waals surface area contributed by atoms with Gasteiger partial charge in [-0.1, -0.05) is 18.5 Å². The summed E-state index contributed by atoms with van der Waals surface area (Å²) in [6.07, 6.45) is 5.83. The van der Waals surface area contributed by atoms with Crippen LogP contribution in [0.1, 0.15) is 13.3 Å². The first-order valence-corrected chi connectivity index (χ1v) is 5.44. The highest BCUT2D eigenvalue weighted by molar-refractivity contribution is 6.30. The number of nitrogens with zero attached hydrogens (tertiary/aromatic N) is 4. The smallest absolute Gasteiger partial charge is 0.158 e. The van der Waals surface area contributed by atoms with Crippen LogP contribution in [0.4, 0.5) is 5.82 Å². The number of hydrogen-bond acceptors (Lipinski definition) is 4. The van der Waals surface area contributed by atoms with Gasteiger partial charge in [0, 0.05) is 12.6 Å². The van der Waals surface area contributed by atoms with Gasteiger partial charge in [-0.05, 0) is 6.42 Å². The lowest BCUT2D eigenvalue weighted by molar-refractivity contribution is 0.838. The van der Waals surface area contributed by atoms with Gasteiger partial charge in [-0.25, -0.2) is 14.6 Å². The summed E-state index contributed by atoms with van der Waals surface area (Å²) in [5.74, 6) is 1.49. The van der Waals surface area contributed by atoms with E-state index in [0.29, 0.717) is 10.8 Å². The van der Waals surface area contributed by atoms with Crippen LogP contribution < -0.4 is 5.32 Å². The molecule has 6 heteroatoms. The monoisotopic (exact) mass is 237 g/mol. The molecule has 0 saturated heterocycles. The lowest BCUT2D eigenvalue weighted by Gasteiger charge is -2.05. The third-order valence-corrected chi connectivity index (χ3v) is 2.19. The van der Waals surface area contributed by atoms with Gasteiger partial charge in [0.2, 0.25) is 0 Å². The van der Waals surface area contributed by atoms with Crippen molar-refractivity contribution >= 4 is 17.4 Å². The minimum Gasteiger partial charge on any atom is -0.370 e. The number of halogens is 1. The molecule has 84 valence electrons. The minimum atomic E-state index is 0.585. The fourth-order valence-corrected chi connectivity index (χ4v) is 1.38. The van der Waals surface area contributed by atoms with Crippen LogP contribution in [0, 0.1) is 0 Å². The van der Waals surface area contributed by atoms with Gasteiger partial charge in [0.25, 0.3) is 0 Å². The molecule has 0 radical (unpaired) electrons. The molecule has 0 aliphatic heterocycles. The summed E-state index contributed by atoms with van der Waals surface area (Å²) in [6.45, 7) is 2.98. The molecule has 0 aliphatic rings. The van der Waals surface area contributed by atoms with Crippen LogP contribution in [0.3, 0.4) is 0 Å². The Labute approximate surface area is 98.5 Å². The van der Waals surface area contributed by atoms with E-state index in [1.807, 2.05) is 6.07 Å². The zero-order valence-electron chi connectivity index (χ0n) is 8.89. The van der Waals surface area contributed by atoms with Crippen molar-refractivity contribution in [2.24, 2.45) is 0 Å². The quantitative estimate of drug-likeness (QED) is 0.885. The predicted octanol–water partition coefficient (Wildman–Crippen LogP) is 2.14. The summed E-state index contributed by atoms with van der Waals surface area (Å²) in [5.41, 5.74) is 0. The summed E-state index contributed by atoms with van der Waals surface area (Å²) in [7, 11) is 0. The first kappa shape index (κ1) is 10.9. The molecule has 16 heavy (non-hydrogen) atoms. The normalized spacial score (nSPS) is 10.4. The topological polar surface area (TPSA) is 55.6 Å². The van der Waals surface area contributed by atoms with Gasteiger partial charge in [-0.15, -0.1) is 0 Å². The standard InChI is InChI=1S/C10H12ClN5/c1-2-3-12-9-4-10(14-7-13-9)16-6-8(11)5-15-16/h4-7H,2-3H2,1H3,(H,12,13,14). The third-order valence-electron chi connectivity index (χ3n) is 1.99. The second kappa shape index (κ2) is 4.94. The zero-order chi connectivity index (χ0) is 11.4. The molecule has 2 heterocycles. The Balaban J connectivity index is 2.22. The van der Waals surface area contributed by atoms with Crippen LogP contribution in [0.2, 0.25) is 5.02 Å². The van der Waals surface area contributed by atoms with Crippen LogP contribution in [-0.2, 0) is 0 Å². The molecule has 2 rings (SSSR count). The van der Waals surface area contributed by atoms with E-state index in [-0.39, 0.29) is 0 Å². The number of anilines is 1. The highest BCUT2D eigenvalue weighted by Gasteiger charge is 2.02. The second-order valence-corrected chi connectivity index (χ2v) is 3.73. The number of hydrogen-bond donors (Lipinski definition) is 1. The van der Waals surface area contributed by atoms with Crippen molar-refractivity contribution in [3.63, 3.8) is 0 Å². The van der Waals surface area contributed by atoms with E-state index in [1.165, 1.54) is 6.33 Å². The highest BCUT2D eigenvalue weighted by atomic mass is 35.5. The second-order valence-electron chi connectivity index (χ2n) is 3.29. The lowest BCUT2D eigenvalue weighted by Crippen LogP contribution is -2.05. The van der Waals surface area contributed by atoms with Crippen LogP contribution in [0.5, 0.6) is 0 Å². The Bertz CT molecular complexity index is 468. The average Bonchev–Trinajstić information content (AvgIpc) is 2.74. The molecule has 0 amide bonds. The molecule has 1 N–H and O–H groups in total. The van der Waals surface area contributed by atoms with Gasteiger partial charge in [0.1, 0.15) is 12.1 Å². The lowest BCUT2D eigenvalue weighted by atomic mass is 10.4. The van der Waals surface area contributed by atoms with Gasteiger partial charge < -0.3 is 5.32 Å². The van der Waals surface area contributed by atoms with Gasteiger partial charge >= 0.3 is 0 Å². The zero-order valence-corrected chi connectivity index (χ0v) is 9.65. The maximum absolute atomic E-state index is 5.79. The van der Waals surface area contributed by atoms with Gasteiger partial charge in [0.15, 0.2) is 5.82 Å². The van der Waals surface area contributed by atoms with Crippen LogP contribution in [-0.4, -0.2) is 26.3 Å². The molecule has 0 aliphatic carbocycles. The van der Waals surface area contributed by atoms with E-state index in [1.54, 1.807) is 17.1 Å². The highest BCUT2D eigenvalue weighted by Crippen LogP contribution is 2.11. The first-order valence-electron chi connectivity index (χ1n) is 5.06. The third kappa shape index (κ3) is 2.49. The van der Waals surface area contributed by atoms with Gasteiger partial charge in [0.05, 0.1) is 17.4 Å². The molecular formula is C10H12ClN5. The maximum Gasteiger partial charge on any atom is 0.158 e. The molecule has 0 fully saturated rings. The number of aromatic nitrogens is 4. The maximum atomic E-state index is 5.79. The first-order chi connectivity index (χ1) is 7.79. The molecule has 2 aromatic heterocycles. The van der Waals surface area contributed by atoms with Crippen molar-refractivity contribution in [2.75, 3.05) is 11.9 Å². The Morgan fingerprint density at radius 1 is 1.44 bits per heavy atom. The molecule has 0 aromatic carbocycles. The summed E-state index contributed by atoms with van der Waals surface area (Å²) in [6, 6.07) is 1.83. The average molecular weight is 238 g/mol. The van der Waals surface area contributed by atoms with Gasteiger partial charge in [-0.3, -0.25) is 0 Å². The van der Waals surface area contributed by atoms with E-state index in [0.717, 1.165) is 18.8 Å². The summed E-state index contributed by atoms with van der Waals surface area (Å²) in [5, 5.41) is 7.85. The Hall–Kier alpha value is -1.62. The molecule has 2 aromatic rings. The van der Waals surface area contributed by atoms with Crippen molar-refractivity contribution in [1.82, 2.24) is 19.7 Å². The molecule has 0 atom stereocenters. The van der Waals surface area contributed by atoms with E-state index >= 15 is 0 Å². The van der Waals surface area contributed by atoms with E-state index in [4.69, 9.17) is 11.6 Å². The summed E-state index contributed by atoms with van der Waals surface area (Å²) in [4.78, 5) is 8.23. The Kier molecular flexibility index (Phi) is 3.36. The Morgan fingerprint density at radius 2 is 2.31 bits per heavy atom. The van der Waals surface area contributed by atoms with Crippen molar-refractivity contribution in [3.8, 4) is 5.82 Å². The minimum absolute atomic E-state index is 0.585. The van der Waals surface area contributed by atoms with Crippen molar-refractivity contribution < 1.29 is 0 Å². The van der Waals surface area contributed by atoms with Crippen molar-refractivity contribution in [2.45, 2.75) is 13.3 Å². The number of nitrogens with one attached hydrogen (secondary N) is 1. The summed E-state index contributed by atoms with van der Waals surface area (Å²) < 4.78 is 1.61. The number of rotatable bonds is 4. The molecule has 0 bridgehead atoms. The Morgan fingerprint density at radius 3 is 3.00 bits per heavy atom. The van der Waals surface area contributed by atoms with Crippen LogP contribution >= 0.6 is 11.6 Å². The largest absolute Gasteiger partial charge is 0.370 e. The van der Waals surface area contributed by atoms with E-state index in [2.05, 4.69) is 27.3 Å². The predicted molar refractivity (Wildman–Crippen MR) is 62.9 cm³/mol. The summed E-state index contributed by atoms with van der Waals surface area (Å²) >= 11 is 5.79. The molecule has 5 nitrogen and oxygen atoms in total. The van der Waals surface area contributed by atoms with E-state index in [9.17, 15) is 0 Å². The van der Waals surface area contributed by atoms with Crippen molar-refractivity contribution in [1.29, 1.82) is 0 Å². The molecule has 0 unspecified atom stereocenters. The fraction of sp³-hybridized carbons (Fsp3) is 0.300. The van der Waals surface area contributed by atoms with Crippen LogP contribution in [0.25, 0.3) is 5.82 Å². The SMILES string of the molecule is CCCNc1cc(-n2cc(Cl)cn2)ncn1. The molecule has 0 saturated carbocycles. The fourth-order valence-electron chi connectivity index (χ4n) is 1.25. The molecule has 0 spiro atoms. The van der Waals surface area contributed by atoms with Gasteiger partial charge in [-0.2, -0.15) is 5.10 Å². The van der Waals surface area contributed by atoms with Crippen LogP contribution in [0.15, 0.2) is 24.8 Å². The van der Waals surface area contributed by atoms with E-state index < -0.39 is 0 Å². The molecular weight excluding hydrogens is 226 g/mol.